The number of fused-ring (bicyclic) bond motifs is 1. The first-order valence-electron chi connectivity index (χ1n) is 10.0. The summed E-state index contributed by atoms with van der Waals surface area (Å²) in [5.74, 6) is -0.293. The van der Waals surface area contributed by atoms with Crippen LogP contribution >= 0.6 is 0 Å². The summed E-state index contributed by atoms with van der Waals surface area (Å²) in [5.41, 5.74) is 2.62. The summed E-state index contributed by atoms with van der Waals surface area (Å²) < 4.78 is 38.9. The molecule has 0 aliphatic carbocycles. The molecule has 0 amide bonds. The van der Waals surface area contributed by atoms with Crippen LogP contribution in [0.3, 0.4) is 0 Å². The molecule has 158 valence electrons. The fourth-order valence-corrected chi connectivity index (χ4v) is 3.97. The van der Waals surface area contributed by atoms with Gasteiger partial charge in [0.25, 0.3) is 0 Å². The van der Waals surface area contributed by atoms with E-state index in [0.717, 1.165) is 25.1 Å². The Hall–Kier alpha value is -3.16. The van der Waals surface area contributed by atoms with Crippen LogP contribution in [-0.4, -0.2) is 42.0 Å². The minimum atomic E-state index is -0.611. The highest BCUT2D eigenvalue weighted by Crippen LogP contribution is 2.40. The number of carbonyl (C=O) groups excluding carboxylic acids is 1. The van der Waals surface area contributed by atoms with Crippen LogP contribution in [0.2, 0.25) is 0 Å². The van der Waals surface area contributed by atoms with Gasteiger partial charge in [-0.1, -0.05) is 0 Å². The molecule has 0 unspecified atom stereocenters. The van der Waals surface area contributed by atoms with E-state index in [9.17, 15) is 13.6 Å². The second-order valence-corrected chi connectivity index (χ2v) is 7.06. The van der Waals surface area contributed by atoms with Crippen molar-refractivity contribution in [2.75, 3.05) is 31.3 Å². The Kier molecular flexibility index (Phi) is 5.83. The minimum absolute atomic E-state index is 0.0734. The molecule has 0 bridgehead atoms. The number of halogens is 2. The summed E-state index contributed by atoms with van der Waals surface area (Å²) >= 11 is 0. The van der Waals surface area contributed by atoms with E-state index in [1.165, 1.54) is 18.3 Å². The number of hydrogen-bond donors (Lipinski definition) is 0. The van der Waals surface area contributed by atoms with Gasteiger partial charge in [0.05, 0.1) is 24.4 Å². The molecule has 1 fully saturated rings. The number of alkyl halides is 1. The van der Waals surface area contributed by atoms with Crippen LogP contribution in [0, 0.1) is 5.82 Å². The summed E-state index contributed by atoms with van der Waals surface area (Å²) in [6.45, 7) is 2.12. The van der Waals surface area contributed by atoms with Crippen molar-refractivity contribution in [2.24, 2.45) is 0 Å². The molecule has 2 aromatic heterocycles. The average molecular weight is 415 g/mol. The van der Waals surface area contributed by atoms with Crippen LogP contribution in [-0.2, 0) is 4.74 Å². The van der Waals surface area contributed by atoms with Gasteiger partial charge >= 0.3 is 5.97 Å². The lowest BCUT2D eigenvalue weighted by molar-refractivity contribution is 0.0528. The van der Waals surface area contributed by atoms with Crippen LogP contribution in [0.15, 0.2) is 42.7 Å². The summed E-state index contributed by atoms with van der Waals surface area (Å²) in [7, 11) is 0. The van der Waals surface area contributed by atoms with Crippen molar-refractivity contribution in [1.29, 1.82) is 0 Å². The van der Waals surface area contributed by atoms with Gasteiger partial charge in [-0.15, -0.1) is 0 Å². The molecule has 1 aliphatic rings. The fraction of sp³-hybridized carbons (Fsp3) is 0.364. The number of pyridine rings is 1. The maximum atomic E-state index is 14.0. The number of hydrogen-bond acceptors (Lipinski definition) is 5. The quantitative estimate of drug-likeness (QED) is 0.538. The number of rotatable bonds is 7. The second kappa shape index (κ2) is 8.69. The van der Waals surface area contributed by atoms with E-state index in [-0.39, 0.29) is 25.1 Å². The van der Waals surface area contributed by atoms with E-state index >= 15 is 0 Å². The topological polar surface area (TPSA) is 56.1 Å². The van der Waals surface area contributed by atoms with Gasteiger partial charge in [0.1, 0.15) is 30.4 Å². The Labute approximate surface area is 173 Å². The Balaban J connectivity index is 1.70. The van der Waals surface area contributed by atoms with Crippen LogP contribution < -0.4 is 9.64 Å². The highest BCUT2D eigenvalue weighted by molar-refractivity contribution is 5.97. The van der Waals surface area contributed by atoms with Crippen molar-refractivity contribution < 1.29 is 23.0 Å². The molecule has 0 spiro atoms. The number of aromatic nitrogens is 2. The molecule has 1 saturated heterocycles. The molecule has 3 aromatic rings. The van der Waals surface area contributed by atoms with Crippen LogP contribution in [0.1, 0.15) is 41.7 Å². The van der Waals surface area contributed by atoms with Crippen LogP contribution in [0.4, 0.5) is 14.5 Å². The zero-order valence-electron chi connectivity index (χ0n) is 16.7. The average Bonchev–Trinajstić information content (AvgIpc) is 3.39. The van der Waals surface area contributed by atoms with Gasteiger partial charge < -0.3 is 14.4 Å². The van der Waals surface area contributed by atoms with Crippen molar-refractivity contribution in [1.82, 2.24) is 9.61 Å². The third-order valence-corrected chi connectivity index (χ3v) is 5.25. The van der Waals surface area contributed by atoms with Gasteiger partial charge in [0.2, 0.25) is 0 Å². The minimum Gasteiger partial charge on any atom is -0.490 e. The maximum absolute atomic E-state index is 14.0. The Morgan fingerprint density at radius 1 is 1.30 bits per heavy atom. The number of anilines is 1. The summed E-state index contributed by atoms with van der Waals surface area (Å²) in [6.07, 6.45) is 5.01. The lowest BCUT2D eigenvalue weighted by Crippen LogP contribution is -2.23. The lowest BCUT2D eigenvalue weighted by atomic mass is 10.0. The van der Waals surface area contributed by atoms with Crippen LogP contribution in [0.25, 0.3) is 5.52 Å². The van der Waals surface area contributed by atoms with Gasteiger partial charge in [0, 0.05) is 24.0 Å². The highest BCUT2D eigenvalue weighted by Gasteiger charge is 2.30. The van der Waals surface area contributed by atoms with Gasteiger partial charge in [-0.05, 0) is 50.1 Å². The van der Waals surface area contributed by atoms with Gasteiger partial charge in [-0.25, -0.2) is 18.1 Å². The normalized spacial score (nSPS) is 16.2. The third kappa shape index (κ3) is 3.81. The zero-order chi connectivity index (χ0) is 21.1. The summed E-state index contributed by atoms with van der Waals surface area (Å²) in [4.78, 5) is 14.4. The Morgan fingerprint density at radius 3 is 2.97 bits per heavy atom. The highest BCUT2D eigenvalue weighted by atomic mass is 19.1. The SMILES string of the molecule is CCOC(=O)c1cnn2ccc(N3CCC[C@@H]3c3cc(F)ccc3OCCF)cc12. The number of benzene rings is 1. The van der Waals surface area contributed by atoms with E-state index in [0.29, 0.717) is 22.4 Å². The summed E-state index contributed by atoms with van der Waals surface area (Å²) in [6, 6.07) is 8.01. The standard InChI is InChI=1S/C22H23F2N3O3/c1-2-29-22(28)18-14-25-27-10-7-16(13-20(18)27)26-9-3-4-19(26)17-12-15(24)5-6-21(17)30-11-8-23/h5-7,10,12-14,19H,2-4,8-9,11H2,1H3/t19-/m1/s1. The molecule has 0 radical (unpaired) electrons. The third-order valence-electron chi connectivity index (χ3n) is 5.25. The van der Waals surface area contributed by atoms with Crippen molar-refractivity contribution >= 4 is 17.2 Å². The second-order valence-electron chi connectivity index (χ2n) is 7.06. The molecular weight excluding hydrogens is 392 g/mol. The summed E-state index contributed by atoms with van der Waals surface area (Å²) in [5, 5.41) is 4.22. The number of ether oxygens (including phenoxy) is 2. The van der Waals surface area contributed by atoms with Crippen molar-refractivity contribution in [3.8, 4) is 5.75 Å². The van der Waals surface area contributed by atoms with E-state index in [4.69, 9.17) is 9.47 Å². The number of carbonyl (C=O) groups is 1. The van der Waals surface area contributed by atoms with Crippen molar-refractivity contribution in [3.63, 3.8) is 0 Å². The number of esters is 1. The maximum Gasteiger partial charge on any atom is 0.341 e. The Bertz CT molecular complexity index is 1050. The first-order chi connectivity index (χ1) is 14.6. The molecule has 1 aliphatic heterocycles. The molecule has 1 aromatic carbocycles. The predicted molar refractivity (Wildman–Crippen MR) is 108 cm³/mol. The van der Waals surface area contributed by atoms with E-state index in [1.54, 1.807) is 23.7 Å². The largest absolute Gasteiger partial charge is 0.490 e. The monoisotopic (exact) mass is 415 g/mol. The molecule has 0 N–H and O–H groups in total. The molecule has 4 rings (SSSR count). The number of nitrogens with zero attached hydrogens (tertiary/aromatic N) is 3. The molecule has 8 heteroatoms. The Morgan fingerprint density at radius 2 is 2.17 bits per heavy atom. The molecule has 0 saturated carbocycles. The molecular formula is C22H23F2N3O3. The van der Waals surface area contributed by atoms with Gasteiger partial charge in [0.15, 0.2) is 0 Å². The van der Waals surface area contributed by atoms with Crippen LogP contribution in [0.5, 0.6) is 5.75 Å². The predicted octanol–water partition coefficient (Wildman–Crippen LogP) is 4.34. The first-order valence-corrected chi connectivity index (χ1v) is 10.0. The van der Waals surface area contributed by atoms with E-state index in [1.807, 2.05) is 12.1 Å². The van der Waals surface area contributed by atoms with E-state index < -0.39 is 12.6 Å². The van der Waals surface area contributed by atoms with E-state index in [2.05, 4.69) is 10.00 Å². The molecule has 30 heavy (non-hydrogen) atoms. The van der Waals surface area contributed by atoms with Crippen molar-refractivity contribution in [2.45, 2.75) is 25.8 Å². The fourth-order valence-electron chi connectivity index (χ4n) is 3.97. The smallest absolute Gasteiger partial charge is 0.341 e. The van der Waals surface area contributed by atoms with Crippen molar-refractivity contribution in [3.05, 3.63) is 59.7 Å². The van der Waals surface area contributed by atoms with Gasteiger partial charge in [-0.2, -0.15) is 5.10 Å². The van der Waals surface area contributed by atoms with Gasteiger partial charge in [-0.3, -0.25) is 0 Å². The molecule has 6 nitrogen and oxygen atoms in total. The molecule has 3 heterocycles. The first kappa shape index (κ1) is 20.1. The lowest BCUT2D eigenvalue weighted by Gasteiger charge is -2.28. The zero-order valence-corrected chi connectivity index (χ0v) is 16.7. The molecule has 1 atom stereocenters.